The number of aliphatic imine (C=N–C) groups is 2. The first kappa shape index (κ1) is 27.3. The van der Waals surface area contributed by atoms with Crippen LogP contribution in [-0.4, -0.2) is 53.9 Å². The second-order valence-corrected chi connectivity index (χ2v) is 8.88. The Hall–Kier alpha value is -3.26. The molecule has 0 amide bonds. The number of nitrogens with two attached hydrogens (primary N) is 2. The van der Waals surface area contributed by atoms with Crippen molar-refractivity contribution in [1.29, 1.82) is 0 Å². The molecule has 0 unspecified atom stereocenters. The molecule has 1 aromatic heterocycles. The van der Waals surface area contributed by atoms with Gasteiger partial charge in [-0.15, -0.1) is 11.3 Å². The Morgan fingerprint density at radius 3 is 2.81 bits per heavy atom. The molecule has 0 spiro atoms. The number of allylic oxidation sites excluding steroid dienone is 1. The number of carbonyl (C=O) groups excluding carboxylic acids is 1. The number of benzene rings is 1. The topological polar surface area (TPSA) is 148 Å². The number of aromatic nitrogens is 1. The molecule has 0 radical (unpaired) electrons. The molecule has 6 N–H and O–H groups in total. The number of thiazole rings is 1. The summed E-state index contributed by atoms with van der Waals surface area (Å²) < 4.78 is 43.7. The summed E-state index contributed by atoms with van der Waals surface area (Å²) in [6.07, 6.45) is 3.15. The van der Waals surface area contributed by atoms with Gasteiger partial charge >= 0.3 is 12.5 Å². The number of hydrogen-bond acceptors (Lipinski definition) is 10. The van der Waals surface area contributed by atoms with E-state index in [-0.39, 0.29) is 34.2 Å². The quantitative estimate of drug-likeness (QED) is 0.216. The van der Waals surface area contributed by atoms with Crippen molar-refractivity contribution >= 4 is 41.0 Å². The number of nitrogens with one attached hydrogen (secondary N) is 1. The van der Waals surface area contributed by atoms with Crippen LogP contribution < -0.4 is 16.8 Å². The van der Waals surface area contributed by atoms with Gasteiger partial charge in [-0.2, -0.15) is 8.78 Å². The Morgan fingerprint density at radius 1 is 1.47 bits per heavy atom. The summed E-state index contributed by atoms with van der Waals surface area (Å²) in [5, 5.41) is 15.1. The summed E-state index contributed by atoms with van der Waals surface area (Å²) >= 11 is 7.60. The van der Waals surface area contributed by atoms with Crippen molar-refractivity contribution in [2.24, 2.45) is 21.5 Å². The highest BCUT2D eigenvalue weighted by Gasteiger charge is 2.39. The van der Waals surface area contributed by atoms with E-state index in [1.54, 1.807) is 11.6 Å². The van der Waals surface area contributed by atoms with E-state index in [2.05, 4.69) is 20.3 Å². The molecule has 14 heteroatoms. The van der Waals surface area contributed by atoms with Gasteiger partial charge in [-0.05, 0) is 18.2 Å². The van der Waals surface area contributed by atoms with Crippen LogP contribution in [0, 0.1) is 5.82 Å². The van der Waals surface area contributed by atoms with Crippen molar-refractivity contribution in [2.75, 3.05) is 13.7 Å². The van der Waals surface area contributed by atoms with Gasteiger partial charge < -0.3 is 26.6 Å². The molecule has 0 saturated heterocycles. The molecular formula is C22H22ClF3N6O3S. The fourth-order valence-corrected chi connectivity index (χ4v) is 4.32. The van der Waals surface area contributed by atoms with Gasteiger partial charge in [0, 0.05) is 51.8 Å². The molecule has 1 aliphatic heterocycles. The molecule has 2 heterocycles. The van der Waals surface area contributed by atoms with E-state index < -0.39 is 36.5 Å². The zero-order valence-electron chi connectivity index (χ0n) is 18.8. The summed E-state index contributed by atoms with van der Waals surface area (Å²) in [6, 6.07) is 2.66. The number of esters is 1. The number of alkyl halides is 2. The lowest BCUT2D eigenvalue weighted by Crippen LogP contribution is -2.54. The van der Waals surface area contributed by atoms with E-state index in [1.165, 1.54) is 23.5 Å². The van der Waals surface area contributed by atoms with Crippen molar-refractivity contribution < 1.29 is 27.8 Å². The lowest BCUT2D eigenvalue weighted by Gasteiger charge is -2.33. The zero-order chi connectivity index (χ0) is 26.5. The molecule has 0 saturated carbocycles. The van der Waals surface area contributed by atoms with Gasteiger partial charge in [0.1, 0.15) is 17.4 Å². The molecule has 0 aliphatic carbocycles. The number of methoxy groups -OCH3 is 1. The van der Waals surface area contributed by atoms with Crippen molar-refractivity contribution in [3.05, 3.63) is 74.2 Å². The normalized spacial score (nSPS) is 18.3. The number of hydrogen-bond donors (Lipinski definition) is 4. The van der Waals surface area contributed by atoms with Gasteiger partial charge in [-0.25, -0.2) is 19.2 Å². The van der Waals surface area contributed by atoms with E-state index >= 15 is 0 Å². The summed E-state index contributed by atoms with van der Waals surface area (Å²) in [5.74, 6) is -1.24. The first-order valence-corrected chi connectivity index (χ1v) is 11.5. The van der Waals surface area contributed by atoms with E-state index in [0.29, 0.717) is 10.6 Å². The van der Waals surface area contributed by atoms with Crippen LogP contribution in [0.5, 0.6) is 0 Å². The second kappa shape index (κ2) is 11.6. The van der Waals surface area contributed by atoms with Crippen LogP contribution in [-0.2, 0) is 9.53 Å². The van der Waals surface area contributed by atoms with Crippen LogP contribution >= 0.6 is 22.9 Å². The van der Waals surface area contributed by atoms with Crippen molar-refractivity contribution in [3.8, 4) is 0 Å². The van der Waals surface area contributed by atoms with Crippen LogP contribution in [0.15, 0.2) is 62.8 Å². The van der Waals surface area contributed by atoms with Gasteiger partial charge in [0.05, 0.1) is 13.7 Å². The summed E-state index contributed by atoms with van der Waals surface area (Å²) in [4.78, 5) is 24.3. The van der Waals surface area contributed by atoms with E-state index in [1.807, 2.05) is 0 Å². The third kappa shape index (κ3) is 6.10. The molecule has 1 aromatic carbocycles. The monoisotopic (exact) mass is 542 g/mol. The number of amidine groups is 1. The van der Waals surface area contributed by atoms with E-state index in [9.17, 15) is 23.1 Å². The average Bonchev–Trinajstić information content (AvgIpc) is 3.37. The Kier molecular flexibility index (Phi) is 8.84. The smallest absolute Gasteiger partial charge is 0.331 e. The van der Waals surface area contributed by atoms with Crippen molar-refractivity contribution in [1.82, 2.24) is 10.3 Å². The SMILES string of the molecule is COC(=O)[C@](N)(CO)CC1=C(C(N)=CC=NC(F)F)[C@H](c2ccc(F)cc2Cl)N=C(c2nccs2)N1. The van der Waals surface area contributed by atoms with Gasteiger partial charge in [0.2, 0.25) is 0 Å². The second-order valence-electron chi connectivity index (χ2n) is 7.58. The van der Waals surface area contributed by atoms with Crippen LogP contribution in [0.25, 0.3) is 0 Å². The standard InChI is InChI=1S/C22H22ClF3N6O3S/c1-35-20(34)22(28,10-33)9-15-16(14(27)4-5-30-21(25)26)17(12-3-2-11(24)8-13(12)23)32-18(31-15)19-29-6-7-36-19/h2-8,17,21,33H,9-10,27-28H2,1H3,(H,31,32)/t17-,22+/m0/s1. The first-order chi connectivity index (χ1) is 17.1. The van der Waals surface area contributed by atoms with Crippen LogP contribution in [0.2, 0.25) is 5.02 Å². The third-order valence-corrected chi connectivity index (χ3v) is 6.26. The fourth-order valence-electron chi connectivity index (χ4n) is 3.46. The molecule has 0 bridgehead atoms. The highest BCUT2D eigenvalue weighted by Crippen LogP contribution is 2.39. The number of aliphatic hydroxyl groups excluding tert-OH is 1. The maximum absolute atomic E-state index is 13.8. The van der Waals surface area contributed by atoms with Gasteiger partial charge in [-0.3, -0.25) is 4.99 Å². The van der Waals surface area contributed by atoms with Crippen LogP contribution in [0.4, 0.5) is 13.2 Å². The van der Waals surface area contributed by atoms with E-state index in [4.69, 9.17) is 27.8 Å². The molecule has 3 rings (SSSR count). The minimum Gasteiger partial charge on any atom is -0.468 e. The molecule has 36 heavy (non-hydrogen) atoms. The molecule has 192 valence electrons. The zero-order valence-corrected chi connectivity index (χ0v) is 20.4. The number of ether oxygens (including phenoxy) is 1. The lowest BCUT2D eigenvalue weighted by molar-refractivity contribution is -0.148. The first-order valence-electron chi connectivity index (χ1n) is 10.3. The minimum absolute atomic E-state index is 0.0178. The minimum atomic E-state index is -2.96. The molecule has 9 nitrogen and oxygen atoms in total. The van der Waals surface area contributed by atoms with Crippen LogP contribution in [0.1, 0.15) is 23.0 Å². The van der Waals surface area contributed by atoms with Crippen LogP contribution in [0.3, 0.4) is 0 Å². The van der Waals surface area contributed by atoms with Crippen molar-refractivity contribution in [2.45, 2.75) is 24.6 Å². The maximum Gasteiger partial charge on any atom is 0.331 e. The largest absolute Gasteiger partial charge is 0.468 e. The Balaban J connectivity index is 2.26. The Bertz CT molecular complexity index is 1240. The number of halogens is 4. The van der Waals surface area contributed by atoms with Crippen molar-refractivity contribution in [3.63, 3.8) is 0 Å². The van der Waals surface area contributed by atoms with E-state index in [0.717, 1.165) is 25.5 Å². The predicted octanol–water partition coefficient (Wildman–Crippen LogP) is 2.67. The van der Waals surface area contributed by atoms with Gasteiger partial charge in [0.15, 0.2) is 10.8 Å². The lowest BCUT2D eigenvalue weighted by atomic mass is 9.87. The Morgan fingerprint density at radius 2 is 2.22 bits per heavy atom. The third-order valence-electron chi connectivity index (χ3n) is 5.15. The van der Waals surface area contributed by atoms with Gasteiger partial charge in [-0.1, -0.05) is 17.7 Å². The number of carbonyl (C=O) groups is 1. The summed E-state index contributed by atoms with van der Waals surface area (Å²) in [5.41, 5.74) is 11.2. The molecule has 1 aliphatic rings. The maximum atomic E-state index is 13.8. The highest BCUT2D eigenvalue weighted by atomic mass is 35.5. The highest BCUT2D eigenvalue weighted by molar-refractivity contribution is 7.11. The number of rotatable bonds is 9. The Labute approximate surface area is 213 Å². The summed E-state index contributed by atoms with van der Waals surface area (Å²) in [7, 11) is 1.11. The fraction of sp³-hybridized carbons (Fsp3) is 0.273. The van der Waals surface area contributed by atoms with Gasteiger partial charge in [0.25, 0.3) is 0 Å². The summed E-state index contributed by atoms with van der Waals surface area (Å²) in [6.45, 7) is -3.76. The molecule has 2 aromatic rings. The number of aliphatic hydroxyl groups is 1. The average molecular weight is 543 g/mol. The molecule has 2 atom stereocenters. The predicted molar refractivity (Wildman–Crippen MR) is 130 cm³/mol. The number of nitrogens with zero attached hydrogens (tertiary/aromatic N) is 3. The molecule has 0 fully saturated rings. The molecular weight excluding hydrogens is 521 g/mol.